The van der Waals surface area contributed by atoms with Gasteiger partial charge in [0.2, 0.25) is 11.6 Å². The number of carbonyl (C=O) groups is 1. The van der Waals surface area contributed by atoms with Crippen LogP contribution in [0.1, 0.15) is 30.1 Å². The molecular weight excluding hydrogens is 448 g/mol. The number of fused-ring (bicyclic) bond motifs is 1. The first-order valence-corrected chi connectivity index (χ1v) is 11.3. The number of rotatable bonds is 10. The van der Waals surface area contributed by atoms with E-state index in [1.165, 1.54) is 0 Å². The number of methoxy groups -OCH3 is 3. The molecule has 0 aliphatic carbocycles. The number of hydrogen-bond acceptors (Lipinski definition) is 7. The minimum atomic E-state index is -0.224. The van der Waals surface area contributed by atoms with Crippen LogP contribution in [-0.4, -0.2) is 38.8 Å². The third kappa shape index (κ3) is 5.32. The van der Waals surface area contributed by atoms with Crippen LogP contribution in [0.3, 0.4) is 0 Å². The molecule has 182 valence electrons. The van der Waals surface area contributed by atoms with Crippen LogP contribution in [0.4, 0.5) is 5.69 Å². The van der Waals surface area contributed by atoms with E-state index in [9.17, 15) is 4.79 Å². The van der Waals surface area contributed by atoms with Crippen molar-refractivity contribution >= 4 is 22.7 Å². The number of carbonyl (C=O) groups excluding carboxylic acids is 1. The van der Waals surface area contributed by atoms with E-state index in [4.69, 9.17) is 23.4 Å². The van der Waals surface area contributed by atoms with Crippen LogP contribution >= 0.6 is 0 Å². The highest BCUT2D eigenvalue weighted by Gasteiger charge is 2.18. The lowest BCUT2D eigenvalue weighted by molar-refractivity contribution is 0.102. The summed E-state index contributed by atoms with van der Waals surface area (Å²) in [7, 11) is 4.65. The van der Waals surface area contributed by atoms with E-state index in [0.29, 0.717) is 57.7 Å². The molecule has 0 atom stereocenters. The quantitative estimate of drug-likeness (QED) is 0.283. The number of nitrogens with zero attached hydrogens (tertiary/aromatic N) is 1. The van der Waals surface area contributed by atoms with Gasteiger partial charge in [-0.1, -0.05) is 13.3 Å². The maximum Gasteiger partial charge on any atom is 0.255 e. The molecule has 0 bridgehead atoms. The van der Waals surface area contributed by atoms with Gasteiger partial charge in [0.05, 0.1) is 27.9 Å². The lowest BCUT2D eigenvalue weighted by Gasteiger charge is -2.12. The number of amides is 1. The monoisotopic (exact) mass is 476 g/mol. The SMILES string of the molecule is CCCCOc1ccc(C(=O)Nc2ccc3oc(-c4cc(OC)c(OC)c(OC)c4)nc3c2)cc1. The number of benzene rings is 3. The fraction of sp³-hybridized carbons (Fsp3) is 0.259. The summed E-state index contributed by atoms with van der Waals surface area (Å²) >= 11 is 0. The average molecular weight is 477 g/mol. The Hall–Kier alpha value is -4.20. The van der Waals surface area contributed by atoms with Gasteiger partial charge in [-0.15, -0.1) is 0 Å². The Kier molecular flexibility index (Phi) is 7.40. The number of nitrogens with one attached hydrogen (secondary N) is 1. The molecule has 35 heavy (non-hydrogen) atoms. The van der Waals surface area contributed by atoms with Crippen LogP contribution in [0.25, 0.3) is 22.6 Å². The van der Waals surface area contributed by atoms with Gasteiger partial charge in [0.15, 0.2) is 17.1 Å². The van der Waals surface area contributed by atoms with Crippen molar-refractivity contribution in [3.05, 3.63) is 60.2 Å². The summed E-state index contributed by atoms with van der Waals surface area (Å²) in [4.78, 5) is 17.3. The molecule has 4 rings (SSSR count). The molecule has 0 saturated carbocycles. The van der Waals surface area contributed by atoms with E-state index < -0.39 is 0 Å². The number of anilines is 1. The van der Waals surface area contributed by atoms with Crippen molar-refractivity contribution in [2.45, 2.75) is 19.8 Å². The second-order valence-corrected chi connectivity index (χ2v) is 7.80. The zero-order chi connectivity index (χ0) is 24.8. The van der Waals surface area contributed by atoms with Crippen LogP contribution in [0.2, 0.25) is 0 Å². The van der Waals surface area contributed by atoms with Gasteiger partial charge in [-0.05, 0) is 61.0 Å². The largest absolute Gasteiger partial charge is 0.494 e. The van der Waals surface area contributed by atoms with Crippen LogP contribution in [-0.2, 0) is 0 Å². The summed E-state index contributed by atoms with van der Waals surface area (Å²) in [6, 6.07) is 15.9. The molecule has 1 amide bonds. The van der Waals surface area contributed by atoms with Gasteiger partial charge in [-0.2, -0.15) is 0 Å². The molecule has 8 nitrogen and oxygen atoms in total. The smallest absolute Gasteiger partial charge is 0.255 e. The van der Waals surface area contributed by atoms with Crippen molar-refractivity contribution in [3.63, 3.8) is 0 Å². The summed E-state index contributed by atoms with van der Waals surface area (Å²) in [5.74, 6) is 2.40. The van der Waals surface area contributed by atoms with Gasteiger partial charge in [-0.3, -0.25) is 4.79 Å². The Labute approximate surface area is 203 Å². The Morgan fingerprint density at radius 2 is 1.66 bits per heavy atom. The lowest BCUT2D eigenvalue weighted by atomic mass is 10.2. The van der Waals surface area contributed by atoms with Gasteiger partial charge in [0.1, 0.15) is 11.3 Å². The third-order valence-corrected chi connectivity index (χ3v) is 5.44. The summed E-state index contributed by atoms with van der Waals surface area (Å²) in [6.45, 7) is 2.78. The summed E-state index contributed by atoms with van der Waals surface area (Å²) < 4.78 is 27.8. The molecule has 0 fully saturated rings. The molecule has 0 radical (unpaired) electrons. The zero-order valence-corrected chi connectivity index (χ0v) is 20.2. The molecule has 1 aromatic heterocycles. The molecule has 0 aliphatic rings. The van der Waals surface area contributed by atoms with E-state index in [0.717, 1.165) is 18.6 Å². The van der Waals surface area contributed by atoms with Crippen LogP contribution in [0, 0.1) is 0 Å². The highest BCUT2D eigenvalue weighted by Crippen LogP contribution is 2.41. The Balaban J connectivity index is 1.53. The zero-order valence-electron chi connectivity index (χ0n) is 20.2. The molecule has 8 heteroatoms. The molecular formula is C27H28N2O6. The van der Waals surface area contributed by atoms with Gasteiger partial charge >= 0.3 is 0 Å². The number of oxazole rings is 1. The van der Waals surface area contributed by atoms with Crippen molar-refractivity contribution in [2.75, 3.05) is 33.3 Å². The molecule has 0 unspecified atom stereocenters. The lowest BCUT2D eigenvalue weighted by Crippen LogP contribution is -2.11. The number of unbranched alkanes of at least 4 members (excludes halogenated alkanes) is 1. The fourth-order valence-corrected chi connectivity index (χ4v) is 3.57. The summed E-state index contributed by atoms with van der Waals surface area (Å²) in [5.41, 5.74) is 3.00. The average Bonchev–Trinajstić information content (AvgIpc) is 3.31. The van der Waals surface area contributed by atoms with Crippen molar-refractivity contribution < 1.29 is 28.2 Å². The molecule has 1 heterocycles. The second kappa shape index (κ2) is 10.8. The minimum absolute atomic E-state index is 0.224. The van der Waals surface area contributed by atoms with Gasteiger partial charge in [-0.25, -0.2) is 4.98 Å². The Morgan fingerprint density at radius 3 is 2.29 bits per heavy atom. The minimum Gasteiger partial charge on any atom is -0.494 e. The maximum absolute atomic E-state index is 12.7. The van der Waals surface area contributed by atoms with E-state index in [1.54, 1.807) is 75.9 Å². The topological polar surface area (TPSA) is 92.1 Å². The Bertz CT molecular complexity index is 1290. The van der Waals surface area contributed by atoms with Crippen molar-refractivity contribution in [1.82, 2.24) is 4.98 Å². The van der Waals surface area contributed by atoms with Crippen LogP contribution in [0.5, 0.6) is 23.0 Å². The fourth-order valence-electron chi connectivity index (χ4n) is 3.57. The van der Waals surface area contributed by atoms with Gasteiger partial charge in [0.25, 0.3) is 5.91 Å². The van der Waals surface area contributed by atoms with E-state index >= 15 is 0 Å². The van der Waals surface area contributed by atoms with Gasteiger partial charge < -0.3 is 28.7 Å². The van der Waals surface area contributed by atoms with Crippen molar-refractivity contribution in [3.8, 4) is 34.5 Å². The van der Waals surface area contributed by atoms with Crippen LogP contribution in [0.15, 0.2) is 59.0 Å². The highest BCUT2D eigenvalue weighted by molar-refractivity contribution is 6.05. The summed E-state index contributed by atoms with van der Waals surface area (Å²) in [5, 5.41) is 2.90. The molecule has 1 N–H and O–H groups in total. The molecule has 0 aliphatic heterocycles. The predicted molar refractivity (Wildman–Crippen MR) is 134 cm³/mol. The van der Waals surface area contributed by atoms with E-state index in [1.807, 2.05) is 0 Å². The second-order valence-electron chi connectivity index (χ2n) is 7.80. The molecule has 0 saturated heterocycles. The number of aromatic nitrogens is 1. The molecule has 4 aromatic rings. The first-order valence-electron chi connectivity index (χ1n) is 11.3. The van der Waals surface area contributed by atoms with Crippen molar-refractivity contribution in [2.24, 2.45) is 0 Å². The van der Waals surface area contributed by atoms with Gasteiger partial charge in [0, 0.05) is 16.8 Å². The Morgan fingerprint density at radius 1 is 0.943 bits per heavy atom. The van der Waals surface area contributed by atoms with E-state index in [-0.39, 0.29) is 5.91 Å². The first kappa shape index (κ1) is 23.9. The third-order valence-electron chi connectivity index (χ3n) is 5.44. The molecule has 3 aromatic carbocycles. The highest BCUT2D eigenvalue weighted by atomic mass is 16.5. The number of ether oxygens (including phenoxy) is 4. The normalized spacial score (nSPS) is 10.7. The standard InChI is InChI=1S/C27H28N2O6/c1-5-6-13-34-20-10-7-17(8-11-20)26(30)28-19-9-12-22-21(16-19)29-27(35-22)18-14-23(31-2)25(33-4)24(15-18)32-3/h7-12,14-16H,5-6,13H2,1-4H3,(H,28,30). The molecule has 0 spiro atoms. The van der Waals surface area contributed by atoms with E-state index in [2.05, 4.69) is 17.2 Å². The van der Waals surface area contributed by atoms with Crippen LogP contribution < -0.4 is 24.3 Å². The van der Waals surface area contributed by atoms with Crippen molar-refractivity contribution in [1.29, 1.82) is 0 Å². The number of hydrogen-bond donors (Lipinski definition) is 1. The summed E-state index contributed by atoms with van der Waals surface area (Å²) in [6.07, 6.45) is 2.06. The first-order chi connectivity index (χ1) is 17.1. The maximum atomic E-state index is 12.7. The predicted octanol–water partition coefficient (Wildman–Crippen LogP) is 5.95.